The number of rotatable bonds is 4. The predicted molar refractivity (Wildman–Crippen MR) is 63.1 cm³/mol. The summed E-state index contributed by atoms with van der Waals surface area (Å²) >= 11 is 6.00. The van der Waals surface area contributed by atoms with E-state index < -0.39 is 22.8 Å². The molecule has 7 heteroatoms. The van der Waals surface area contributed by atoms with Gasteiger partial charge in [-0.2, -0.15) is 4.98 Å². The van der Waals surface area contributed by atoms with Crippen molar-refractivity contribution in [3.63, 3.8) is 0 Å². The number of halogens is 4. The monoisotopic (exact) mass is 290 g/mol. The highest BCUT2D eigenvalue weighted by atomic mass is 35.5. The van der Waals surface area contributed by atoms with Crippen LogP contribution in [-0.4, -0.2) is 10.1 Å². The lowest BCUT2D eigenvalue weighted by atomic mass is 10.2. The van der Waals surface area contributed by atoms with Crippen molar-refractivity contribution in [2.24, 2.45) is 0 Å². The predicted octanol–water partition coefficient (Wildman–Crippen LogP) is 4.23. The second-order valence-electron chi connectivity index (χ2n) is 3.97. The fraction of sp³-hybridized carbons (Fsp3) is 0.333. The standard InChI is InChI=1S/C12H10ClF3N2O/c1-2-3-7(13)11-17-12(19-18-11)6-4-8(14)10(16)9(15)5-6/h4-5,7H,2-3H2,1H3. The molecule has 3 nitrogen and oxygen atoms in total. The Hall–Kier alpha value is -1.56. The topological polar surface area (TPSA) is 38.9 Å². The highest BCUT2D eigenvalue weighted by Gasteiger charge is 2.18. The Morgan fingerprint density at radius 1 is 1.26 bits per heavy atom. The van der Waals surface area contributed by atoms with Crippen molar-refractivity contribution in [2.45, 2.75) is 25.1 Å². The quantitative estimate of drug-likeness (QED) is 0.624. The maximum Gasteiger partial charge on any atom is 0.258 e. The Balaban J connectivity index is 2.33. The second-order valence-corrected chi connectivity index (χ2v) is 4.49. The smallest absolute Gasteiger partial charge is 0.258 e. The molecule has 1 atom stereocenters. The van der Waals surface area contributed by atoms with Crippen LogP contribution in [0.3, 0.4) is 0 Å². The number of alkyl halides is 1. The second kappa shape index (κ2) is 5.61. The van der Waals surface area contributed by atoms with E-state index in [1.54, 1.807) is 0 Å². The first-order chi connectivity index (χ1) is 9.02. The van der Waals surface area contributed by atoms with Gasteiger partial charge in [0.15, 0.2) is 23.3 Å². The maximum absolute atomic E-state index is 13.1. The third-order valence-electron chi connectivity index (χ3n) is 2.49. The van der Waals surface area contributed by atoms with E-state index in [-0.39, 0.29) is 17.3 Å². The van der Waals surface area contributed by atoms with Gasteiger partial charge in [-0.1, -0.05) is 18.5 Å². The van der Waals surface area contributed by atoms with E-state index in [2.05, 4.69) is 10.1 Å². The molecule has 2 aromatic rings. The van der Waals surface area contributed by atoms with Crippen molar-refractivity contribution in [2.75, 3.05) is 0 Å². The van der Waals surface area contributed by atoms with Gasteiger partial charge in [-0.25, -0.2) is 13.2 Å². The summed E-state index contributed by atoms with van der Waals surface area (Å²) in [5, 5.41) is 3.20. The first-order valence-electron chi connectivity index (χ1n) is 5.65. The van der Waals surface area contributed by atoms with E-state index >= 15 is 0 Å². The third-order valence-corrected chi connectivity index (χ3v) is 2.91. The first-order valence-corrected chi connectivity index (χ1v) is 6.09. The number of aromatic nitrogens is 2. The van der Waals surface area contributed by atoms with E-state index in [1.807, 2.05) is 6.92 Å². The van der Waals surface area contributed by atoms with Gasteiger partial charge in [0.05, 0.1) is 5.38 Å². The van der Waals surface area contributed by atoms with Gasteiger partial charge in [-0.3, -0.25) is 0 Å². The Bertz CT molecular complexity index is 565. The van der Waals surface area contributed by atoms with Gasteiger partial charge in [0.25, 0.3) is 5.89 Å². The number of nitrogens with zero attached hydrogens (tertiary/aromatic N) is 2. The van der Waals surface area contributed by atoms with Crippen molar-refractivity contribution < 1.29 is 17.7 Å². The molecule has 0 aliphatic carbocycles. The van der Waals surface area contributed by atoms with Crippen LogP contribution >= 0.6 is 11.6 Å². The third kappa shape index (κ3) is 2.89. The molecule has 0 amide bonds. The van der Waals surface area contributed by atoms with E-state index in [9.17, 15) is 13.2 Å². The molecule has 0 N–H and O–H groups in total. The van der Waals surface area contributed by atoms with Crippen LogP contribution in [0.25, 0.3) is 11.5 Å². The molecular weight excluding hydrogens is 281 g/mol. The van der Waals surface area contributed by atoms with E-state index in [4.69, 9.17) is 16.1 Å². The van der Waals surface area contributed by atoms with Crippen LogP contribution in [0.5, 0.6) is 0 Å². The summed E-state index contributed by atoms with van der Waals surface area (Å²) in [6, 6.07) is 1.58. The van der Waals surface area contributed by atoms with Crippen molar-refractivity contribution >= 4 is 11.6 Å². The lowest BCUT2D eigenvalue weighted by Crippen LogP contribution is -1.94. The molecule has 0 radical (unpaired) electrons. The van der Waals surface area contributed by atoms with Crippen LogP contribution in [0.1, 0.15) is 31.0 Å². The highest BCUT2D eigenvalue weighted by Crippen LogP contribution is 2.27. The fourth-order valence-corrected chi connectivity index (χ4v) is 1.85. The van der Waals surface area contributed by atoms with Gasteiger partial charge in [-0.05, 0) is 18.6 Å². The van der Waals surface area contributed by atoms with Gasteiger partial charge in [0.2, 0.25) is 0 Å². The van der Waals surface area contributed by atoms with Crippen LogP contribution in [0.4, 0.5) is 13.2 Å². The normalized spacial score (nSPS) is 12.7. The Morgan fingerprint density at radius 2 is 1.89 bits per heavy atom. The lowest BCUT2D eigenvalue weighted by Gasteiger charge is -2.00. The molecule has 0 fully saturated rings. The molecule has 1 heterocycles. The molecule has 1 aromatic heterocycles. The number of benzene rings is 1. The Labute approximate surface area is 112 Å². The molecule has 2 rings (SSSR count). The van der Waals surface area contributed by atoms with E-state index in [0.29, 0.717) is 6.42 Å². The molecule has 0 spiro atoms. The van der Waals surface area contributed by atoms with E-state index in [1.165, 1.54) is 0 Å². The zero-order chi connectivity index (χ0) is 14.0. The largest absolute Gasteiger partial charge is 0.334 e. The number of hydrogen-bond donors (Lipinski definition) is 0. The SMILES string of the molecule is CCCC(Cl)c1noc(-c2cc(F)c(F)c(F)c2)n1. The van der Waals surface area contributed by atoms with Crippen molar-refractivity contribution in [1.82, 2.24) is 10.1 Å². The average molecular weight is 291 g/mol. The Morgan fingerprint density at radius 3 is 2.47 bits per heavy atom. The van der Waals surface area contributed by atoms with Crippen molar-refractivity contribution in [3.8, 4) is 11.5 Å². The van der Waals surface area contributed by atoms with Gasteiger partial charge in [-0.15, -0.1) is 11.6 Å². The summed E-state index contributed by atoms with van der Waals surface area (Å²) in [4.78, 5) is 3.95. The molecule has 19 heavy (non-hydrogen) atoms. The summed E-state index contributed by atoms with van der Waals surface area (Å²) in [6.45, 7) is 1.95. The molecule has 1 unspecified atom stereocenters. The zero-order valence-electron chi connectivity index (χ0n) is 9.96. The Kier molecular flexibility index (Phi) is 4.09. The lowest BCUT2D eigenvalue weighted by molar-refractivity contribution is 0.417. The summed E-state index contributed by atoms with van der Waals surface area (Å²) in [7, 11) is 0. The summed E-state index contributed by atoms with van der Waals surface area (Å²) < 4.78 is 43.9. The summed E-state index contributed by atoms with van der Waals surface area (Å²) in [5.74, 6) is -4.03. The minimum Gasteiger partial charge on any atom is -0.334 e. The molecule has 1 aromatic carbocycles. The summed E-state index contributed by atoms with van der Waals surface area (Å²) in [5.41, 5.74) is -0.0319. The summed E-state index contributed by atoms with van der Waals surface area (Å²) in [6.07, 6.45) is 1.48. The molecule has 0 aliphatic rings. The van der Waals surface area contributed by atoms with Gasteiger partial charge in [0, 0.05) is 5.56 Å². The molecule has 102 valence electrons. The van der Waals surface area contributed by atoms with Gasteiger partial charge < -0.3 is 4.52 Å². The van der Waals surface area contributed by atoms with Crippen LogP contribution in [0.2, 0.25) is 0 Å². The minimum absolute atomic E-state index is 0.0319. The van der Waals surface area contributed by atoms with Crippen molar-refractivity contribution in [1.29, 1.82) is 0 Å². The molecule has 0 bridgehead atoms. The first kappa shape index (κ1) is 13.9. The highest BCUT2D eigenvalue weighted by molar-refractivity contribution is 6.20. The van der Waals surface area contributed by atoms with E-state index in [0.717, 1.165) is 18.6 Å². The average Bonchev–Trinajstić information content (AvgIpc) is 2.85. The minimum atomic E-state index is -1.54. The number of hydrogen-bond acceptors (Lipinski definition) is 3. The zero-order valence-corrected chi connectivity index (χ0v) is 10.7. The van der Waals surface area contributed by atoms with Crippen LogP contribution in [0, 0.1) is 17.5 Å². The van der Waals surface area contributed by atoms with Crippen molar-refractivity contribution in [3.05, 3.63) is 35.4 Å². The molecule has 0 saturated heterocycles. The molecular formula is C12H10ClF3N2O. The van der Waals surface area contributed by atoms with Crippen LogP contribution in [0.15, 0.2) is 16.7 Å². The molecule has 0 aliphatic heterocycles. The maximum atomic E-state index is 13.1. The van der Waals surface area contributed by atoms with Crippen LogP contribution < -0.4 is 0 Å². The molecule has 0 saturated carbocycles. The van der Waals surface area contributed by atoms with Crippen LogP contribution in [-0.2, 0) is 0 Å². The fourth-order valence-electron chi connectivity index (χ4n) is 1.54. The van der Waals surface area contributed by atoms with Gasteiger partial charge in [0.1, 0.15) is 0 Å². The van der Waals surface area contributed by atoms with Gasteiger partial charge >= 0.3 is 0 Å².